The second-order valence-corrected chi connectivity index (χ2v) is 3.41. The van der Waals surface area contributed by atoms with Crippen molar-refractivity contribution in [1.29, 1.82) is 0 Å². The van der Waals surface area contributed by atoms with Gasteiger partial charge in [-0.3, -0.25) is 0 Å². The molecule has 0 radical (unpaired) electrons. The molecule has 0 saturated heterocycles. The van der Waals surface area contributed by atoms with Gasteiger partial charge in [-0.1, -0.05) is 36.8 Å². The summed E-state index contributed by atoms with van der Waals surface area (Å²) in [6.45, 7) is 3.67. The Hall–Kier alpha value is -1.31. The fourth-order valence-corrected chi connectivity index (χ4v) is 1.16. The summed E-state index contributed by atoms with van der Waals surface area (Å²) in [5.41, 5.74) is 2.23. The Morgan fingerprint density at radius 1 is 1.38 bits per heavy atom. The summed E-state index contributed by atoms with van der Waals surface area (Å²) in [5, 5.41) is 10.5. The van der Waals surface area contributed by atoms with Gasteiger partial charge in [0.05, 0.1) is 0 Å². The van der Waals surface area contributed by atoms with Crippen LogP contribution >= 0.6 is 0 Å². The molecule has 2 heteroatoms. The third-order valence-electron chi connectivity index (χ3n) is 2.06. The van der Waals surface area contributed by atoms with Gasteiger partial charge < -0.3 is 9.90 Å². The van der Waals surface area contributed by atoms with Crippen molar-refractivity contribution in [3.8, 4) is 0 Å². The van der Waals surface area contributed by atoms with Crippen molar-refractivity contribution in [2.45, 2.75) is 20.3 Å². The molecule has 70 valence electrons. The van der Waals surface area contributed by atoms with Crippen LogP contribution in [0, 0.1) is 12.8 Å². The molecule has 0 saturated carbocycles. The van der Waals surface area contributed by atoms with Gasteiger partial charge in [-0.25, -0.2) is 0 Å². The molecular weight excluding hydrogens is 164 g/mol. The van der Waals surface area contributed by atoms with Crippen LogP contribution in [-0.4, -0.2) is 5.97 Å². The van der Waals surface area contributed by atoms with Crippen LogP contribution < -0.4 is 5.11 Å². The van der Waals surface area contributed by atoms with Crippen LogP contribution in [0.15, 0.2) is 24.3 Å². The Labute approximate surface area is 78.2 Å². The molecule has 1 aromatic carbocycles. The smallest absolute Gasteiger partial charge is 0.0445 e. The zero-order chi connectivity index (χ0) is 9.84. The Morgan fingerprint density at radius 2 is 1.92 bits per heavy atom. The highest BCUT2D eigenvalue weighted by molar-refractivity contribution is 5.67. The Morgan fingerprint density at radius 3 is 2.38 bits per heavy atom. The van der Waals surface area contributed by atoms with Crippen LogP contribution in [0.3, 0.4) is 0 Å². The molecule has 1 rings (SSSR count). The van der Waals surface area contributed by atoms with E-state index < -0.39 is 11.9 Å². The van der Waals surface area contributed by atoms with Crippen molar-refractivity contribution in [2.75, 3.05) is 0 Å². The van der Waals surface area contributed by atoms with Gasteiger partial charge in [-0.05, 0) is 24.8 Å². The zero-order valence-electron chi connectivity index (χ0n) is 7.91. The third kappa shape index (κ3) is 2.90. The van der Waals surface area contributed by atoms with Crippen molar-refractivity contribution in [2.24, 2.45) is 5.92 Å². The van der Waals surface area contributed by atoms with Crippen molar-refractivity contribution in [3.05, 3.63) is 35.4 Å². The van der Waals surface area contributed by atoms with E-state index in [1.807, 2.05) is 31.2 Å². The van der Waals surface area contributed by atoms with Gasteiger partial charge >= 0.3 is 0 Å². The standard InChI is InChI=1S/C11H14O2/c1-8-3-5-10(6-4-8)7-9(2)11(12)13/h3-6,9H,7H2,1-2H3,(H,12,13)/p-1/t9-/m1/s1. The molecule has 1 aromatic rings. The van der Waals surface area contributed by atoms with Gasteiger partial charge in [-0.15, -0.1) is 0 Å². The van der Waals surface area contributed by atoms with Crippen LogP contribution in [-0.2, 0) is 11.2 Å². The molecule has 2 nitrogen and oxygen atoms in total. The minimum absolute atomic E-state index is 0.414. The van der Waals surface area contributed by atoms with Crippen molar-refractivity contribution in [3.63, 3.8) is 0 Å². The molecule has 0 aliphatic carbocycles. The number of benzene rings is 1. The molecule has 1 atom stereocenters. The van der Waals surface area contributed by atoms with Gasteiger partial charge in [0.25, 0.3) is 0 Å². The van der Waals surface area contributed by atoms with Crippen LogP contribution in [0.5, 0.6) is 0 Å². The summed E-state index contributed by atoms with van der Waals surface area (Å²) in [7, 11) is 0. The van der Waals surface area contributed by atoms with Gasteiger partial charge in [0.15, 0.2) is 0 Å². The highest BCUT2D eigenvalue weighted by Gasteiger charge is 2.03. The molecule has 0 unspecified atom stereocenters. The number of aliphatic carboxylic acids is 1. The van der Waals surface area contributed by atoms with Crippen LogP contribution in [0.25, 0.3) is 0 Å². The van der Waals surface area contributed by atoms with Crippen molar-refractivity contribution < 1.29 is 9.90 Å². The topological polar surface area (TPSA) is 40.1 Å². The van der Waals surface area contributed by atoms with E-state index in [9.17, 15) is 9.90 Å². The number of rotatable bonds is 3. The monoisotopic (exact) mass is 177 g/mol. The summed E-state index contributed by atoms with van der Waals surface area (Å²) >= 11 is 0. The average Bonchev–Trinajstić information content (AvgIpc) is 2.08. The highest BCUT2D eigenvalue weighted by Crippen LogP contribution is 2.09. The van der Waals surface area contributed by atoms with Gasteiger partial charge in [-0.2, -0.15) is 0 Å². The first kappa shape index (κ1) is 9.78. The second kappa shape index (κ2) is 4.08. The summed E-state index contributed by atoms with van der Waals surface area (Å²) in [6, 6.07) is 7.87. The largest absolute Gasteiger partial charge is 0.550 e. The fourth-order valence-electron chi connectivity index (χ4n) is 1.16. The maximum absolute atomic E-state index is 10.5. The molecule has 0 N–H and O–H groups in total. The SMILES string of the molecule is Cc1ccc(C[C@@H](C)C(=O)[O-])cc1. The minimum Gasteiger partial charge on any atom is -0.550 e. The molecule has 0 fully saturated rings. The lowest BCUT2D eigenvalue weighted by Crippen LogP contribution is -2.30. The zero-order valence-corrected chi connectivity index (χ0v) is 7.91. The van der Waals surface area contributed by atoms with E-state index in [0.717, 1.165) is 5.56 Å². The predicted octanol–water partition coefficient (Wildman–Crippen LogP) is 0.924. The van der Waals surface area contributed by atoms with E-state index >= 15 is 0 Å². The first-order chi connectivity index (χ1) is 6.09. The minimum atomic E-state index is -0.986. The number of carboxylic acids is 1. The molecule has 0 spiro atoms. The Balaban J connectivity index is 2.64. The van der Waals surface area contributed by atoms with E-state index in [-0.39, 0.29) is 0 Å². The van der Waals surface area contributed by atoms with Crippen LogP contribution in [0.4, 0.5) is 0 Å². The van der Waals surface area contributed by atoms with Crippen molar-refractivity contribution >= 4 is 5.97 Å². The van der Waals surface area contributed by atoms with E-state index in [4.69, 9.17) is 0 Å². The van der Waals surface area contributed by atoms with E-state index in [0.29, 0.717) is 6.42 Å². The van der Waals surface area contributed by atoms with E-state index in [1.165, 1.54) is 5.56 Å². The number of carbonyl (C=O) groups excluding carboxylic acids is 1. The molecule has 0 aliphatic heterocycles. The average molecular weight is 177 g/mol. The summed E-state index contributed by atoms with van der Waals surface area (Å²) in [6.07, 6.45) is 0.544. The predicted molar refractivity (Wildman–Crippen MR) is 49.1 cm³/mol. The van der Waals surface area contributed by atoms with Crippen molar-refractivity contribution in [1.82, 2.24) is 0 Å². The summed E-state index contributed by atoms with van der Waals surface area (Å²) < 4.78 is 0. The number of hydrogen-bond donors (Lipinski definition) is 0. The highest BCUT2D eigenvalue weighted by atomic mass is 16.4. The number of hydrogen-bond acceptors (Lipinski definition) is 2. The van der Waals surface area contributed by atoms with Gasteiger partial charge in [0, 0.05) is 5.97 Å². The quantitative estimate of drug-likeness (QED) is 0.689. The summed E-state index contributed by atoms with van der Waals surface area (Å²) in [5.74, 6) is -1.40. The Kier molecular flexibility index (Phi) is 3.07. The first-order valence-electron chi connectivity index (χ1n) is 4.36. The lowest BCUT2D eigenvalue weighted by Gasteiger charge is -2.11. The number of carbonyl (C=O) groups is 1. The molecule has 0 aliphatic rings. The maximum atomic E-state index is 10.5. The van der Waals surface area contributed by atoms with Crippen LogP contribution in [0.2, 0.25) is 0 Å². The lowest BCUT2D eigenvalue weighted by molar-refractivity contribution is -0.310. The van der Waals surface area contributed by atoms with E-state index in [1.54, 1.807) is 6.92 Å². The molecular formula is C11H13O2-. The lowest BCUT2D eigenvalue weighted by atomic mass is 10.0. The maximum Gasteiger partial charge on any atom is 0.0445 e. The normalized spacial score (nSPS) is 12.5. The number of aryl methyl sites for hydroxylation is 1. The molecule has 0 amide bonds. The second-order valence-electron chi connectivity index (χ2n) is 3.41. The van der Waals surface area contributed by atoms with Crippen LogP contribution in [0.1, 0.15) is 18.1 Å². The number of carboxylic acid groups (broad SMARTS) is 1. The molecule has 0 aromatic heterocycles. The van der Waals surface area contributed by atoms with Gasteiger partial charge in [0.2, 0.25) is 0 Å². The van der Waals surface area contributed by atoms with E-state index in [2.05, 4.69) is 0 Å². The fraction of sp³-hybridized carbons (Fsp3) is 0.364. The third-order valence-corrected chi connectivity index (χ3v) is 2.06. The Bertz CT molecular complexity index is 287. The molecule has 13 heavy (non-hydrogen) atoms. The molecule has 0 bridgehead atoms. The first-order valence-corrected chi connectivity index (χ1v) is 4.36. The molecule has 0 heterocycles. The van der Waals surface area contributed by atoms with Gasteiger partial charge in [0.1, 0.15) is 0 Å². The summed E-state index contributed by atoms with van der Waals surface area (Å²) in [4.78, 5) is 10.5.